The molecule has 3 N–H and O–H groups in total. The van der Waals surface area contributed by atoms with E-state index in [1.54, 1.807) is 6.33 Å². The van der Waals surface area contributed by atoms with Gasteiger partial charge < -0.3 is 0 Å². The second kappa shape index (κ2) is 6.37. The van der Waals surface area contributed by atoms with Gasteiger partial charge in [-0.05, 0) is 43.2 Å². The highest BCUT2D eigenvalue weighted by molar-refractivity contribution is 5.30. The summed E-state index contributed by atoms with van der Waals surface area (Å²) in [7, 11) is 0. The molecule has 0 saturated heterocycles. The highest BCUT2D eigenvalue weighted by Gasteiger charge is 2.26. The van der Waals surface area contributed by atoms with Crippen molar-refractivity contribution in [1.82, 2.24) is 20.2 Å². The number of aryl methyl sites for hydroxylation is 2. The van der Waals surface area contributed by atoms with Crippen molar-refractivity contribution in [3.63, 3.8) is 0 Å². The summed E-state index contributed by atoms with van der Waals surface area (Å²) in [4.78, 5) is 4.37. The maximum absolute atomic E-state index is 5.82. The van der Waals surface area contributed by atoms with E-state index < -0.39 is 0 Å². The first-order valence-corrected chi connectivity index (χ1v) is 7.71. The number of fused-ring (bicyclic) bond motifs is 1. The number of hydrogen-bond acceptors (Lipinski definition) is 4. The predicted molar refractivity (Wildman–Crippen MR) is 82.5 cm³/mol. The number of hydrogen-bond donors (Lipinski definition) is 2. The van der Waals surface area contributed by atoms with Crippen molar-refractivity contribution in [1.29, 1.82) is 0 Å². The van der Waals surface area contributed by atoms with E-state index in [0.717, 1.165) is 31.6 Å². The fourth-order valence-electron chi connectivity index (χ4n) is 3.34. The van der Waals surface area contributed by atoms with Gasteiger partial charge in [0.1, 0.15) is 12.2 Å². The Kier molecular flexibility index (Phi) is 4.31. The van der Waals surface area contributed by atoms with Crippen molar-refractivity contribution in [3.8, 4) is 0 Å². The average molecular weight is 285 g/mol. The molecule has 0 fully saturated rings. The summed E-state index contributed by atoms with van der Waals surface area (Å²) < 4.78 is 1.95. The van der Waals surface area contributed by atoms with Crippen molar-refractivity contribution >= 4 is 0 Å². The predicted octanol–water partition coefficient (Wildman–Crippen LogP) is 1.48. The lowest BCUT2D eigenvalue weighted by molar-refractivity contribution is 0.314. The van der Waals surface area contributed by atoms with E-state index in [-0.39, 0.29) is 6.04 Å². The molecule has 3 rings (SSSR count). The standard InChI is InChI=1S/C16H23N5/c1-2-21-16(18-11-19-21)10-15(20-17)14-8-7-12-5-3-4-6-13(12)9-14/h3-6,11,14-15,20H,2,7-10,17H2,1H3. The third kappa shape index (κ3) is 2.99. The van der Waals surface area contributed by atoms with Crippen LogP contribution in [0.25, 0.3) is 0 Å². The first-order chi connectivity index (χ1) is 10.3. The third-order valence-electron chi connectivity index (χ3n) is 4.57. The first kappa shape index (κ1) is 14.2. The molecule has 1 aliphatic carbocycles. The van der Waals surface area contributed by atoms with E-state index in [0.29, 0.717) is 5.92 Å². The van der Waals surface area contributed by atoms with Gasteiger partial charge in [0.25, 0.3) is 0 Å². The molecule has 1 aromatic carbocycles. The topological polar surface area (TPSA) is 68.8 Å². The van der Waals surface area contributed by atoms with Gasteiger partial charge >= 0.3 is 0 Å². The minimum absolute atomic E-state index is 0.243. The van der Waals surface area contributed by atoms with Crippen LogP contribution in [0, 0.1) is 5.92 Å². The smallest absolute Gasteiger partial charge is 0.138 e. The maximum Gasteiger partial charge on any atom is 0.138 e. The molecule has 1 heterocycles. The number of aromatic nitrogens is 3. The number of hydrazine groups is 1. The Morgan fingerprint density at radius 2 is 2.19 bits per heavy atom. The van der Waals surface area contributed by atoms with Crippen LogP contribution in [0.15, 0.2) is 30.6 Å². The Morgan fingerprint density at radius 3 is 2.95 bits per heavy atom. The lowest BCUT2D eigenvalue weighted by Gasteiger charge is -2.31. The molecule has 2 atom stereocenters. The van der Waals surface area contributed by atoms with Crippen LogP contribution in [0.4, 0.5) is 0 Å². The summed E-state index contributed by atoms with van der Waals surface area (Å²) in [5.74, 6) is 7.39. The summed E-state index contributed by atoms with van der Waals surface area (Å²) in [6.45, 7) is 2.93. The van der Waals surface area contributed by atoms with Crippen molar-refractivity contribution in [2.24, 2.45) is 11.8 Å². The van der Waals surface area contributed by atoms with E-state index in [9.17, 15) is 0 Å². The largest absolute Gasteiger partial charge is 0.271 e. The van der Waals surface area contributed by atoms with Crippen LogP contribution in [-0.2, 0) is 25.8 Å². The number of benzene rings is 1. The van der Waals surface area contributed by atoms with Crippen LogP contribution in [0.1, 0.15) is 30.3 Å². The lowest BCUT2D eigenvalue weighted by Crippen LogP contribution is -2.44. The van der Waals surface area contributed by atoms with Crippen LogP contribution in [0.2, 0.25) is 0 Å². The number of nitrogens with two attached hydrogens (primary N) is 1. The van der Waals surface area contributed by atoms with E-state index in [1.165, 1.54) is 17.5 Å². The van der Waals surface area contributed by atoms with E-state index >= 15 is 0 Å². The molecule has 2 aromatic rings. The maximum atomic E-state index is 5.82. The quantitative estimate of drug-likeness (QED) is 0.645. The Hall–Kier alpha value is -1.72. The highest BCUT2D eigenvalue weighted by Crippen LogP contribution is 2.28. The van der Waals surface area contributed by atoms with E-state index in [2.05, 4.69) is 46.7 Å². The third-order valence-corrected chi connectivity index (χ3v) is 4.57. The van der Waals surface area contributed by atoms with Gasteiger partial charge in [-0.3, -0.25) is 16.0 Å². The molecule has 5 nitrogen and oxygen atoms in total. The number of nitrogens with zero attached hydrogens (tertiary/aromatic N) is 3. The molecule has 0 radical (unpaired) electrons. The van der Waals surface area contributed by atoms with Gasteiger partial charge in [-0.1, -0.05) is 24.3 Å². The molecular formula is C16H23N5. The van der Waals surface area contributed by atoms with Crippen molar-refractivity contribution in [2.75, 3.05) is 0 Å². The van der Waals surface area contributed by atoms with Crippen LogP contribution in [0.3, 0.4) is 0 Å². The molecule has 21 heavy (non-hydrogen) atoms. The van der Waals surface area contributed by atoms with Crippen molar-refractivity contribution in [3.05, 3.63) is 47.5 Å². The SMILES string of the molecule is CCn1ncnc1CC(NN)C1CCc2ccccc2C1. The average Bonchev–Trinajstić information content (AvgIpc) is 2.99. The molecule has 1 aromatic heterocycles. The molecular weight excluding hydrogens is 262 g/mol. The van der Waals surface area contributed by atoms with Gasteiger partial charge in [-0.15, -0.1) is 0 Å². The Labute approximate surface area is 125 Å². The van der Waals surface area contributed by atoms with Crippen molar-refractivity contribution in [2.45, 2.75) is 45.2 Å². The van der Waals surface area contributed by atoms with Gasteiger partial charge in [-0.2, -0.15) is 5.10 Å². The van der Waals surface area contributed by atoms with Gasteiger partial charge in [0, 0.05) is 19.0 Å². The van der Waals surface area contributed by atoms with Crippen LogP contribution in [-0.4, -0.2) is 20.8 Å². The monoisotopic (exact) mass is 285 g/mol. The van der Waals surface area contributed by atoms with Gasteiger partial charge in [0.15, 0.2) is 0 Å². The molecule has 0 amide bonds. The molecule has 2 unspecified atom stereocenters. The molecule has 1 aliphatic rings. The minimum Gasteiger partial charge on any atom is -0.271 e. The van der Waals surface area contributed by atoms with Gasteiger partial charge in [0.2, 0.25) is 0 Å². The Balaban J connectivity index is 1.73. The molecule has 0 saturated carbocycles. The minimum atomic E-state index is 0.243. The van der Waals surface area contributed by atoms with Gasteiger partial charge in [0.05, 0.1) is 0 Å². The van der Waals surface area contributed by atoms with Gasteiger partial charge in [-0.25, -0.2) is 4.98 Å². The van der Waals surface area contributed by atoms with Crippen LogP contribution >= 0.6 is 0 Å². The second-order valence-corrected chi connectivity index (χ2v) is 5.74. The normalized spacial score (nSPS) is 19.2. The summed E-state index contributed by atoms with van der Waals surface area (Å²) >= 11 is 0. The molecule has 5 heteroatoms. The van der Waals surface area contributed by atoms with Crippen LogP contribution < -0.4 is 11.3 Å². The lowest BCUT2D eigenvalue weighted by atomic mass is 9.79. The Morgan fingerprint density at radius 1 is 1.38 bits per heavy atom. The summed E-state index contributed by atoms with van der Waals surface area (Å²) in [6.07, 6.45) is 5.86. The summed E-state index contributed by atoms with van der Waals surface area (Å²) in [5, 5.41) is 4.24. The number of nitrogens with one attached hydrogen (secondary N) is 1. The second-order valence-electron chi connectivity index (χ2n) is 5.74. The molecule has 0 aliphatic heterocycles. The fourth-order valence-corrected chi connectivity index (χ4v) is 3.34. The fraction of sp³-hybridized carbons (Fsp3) is 0.500. The zero-order chi connectivity index (χ0) is 14.7. The molecule has 112 valence electrons. The molecule has 0 spiro atoms. The van der Waals surface area contributed by atoms with E-state index in [4.69, 9.17) is 5.84 Å². The zero-order valence-corrected chi connectivity index (χ0v) is 12.5. The molecule has 0 bridgehead atoms. The zero-order valence-electron chi connectivity index (χ0n) is 12.5. The Bertz CT molecular complexity index is 592. The number of rotatable bonds is 5. The van der Waals surface area contributed by atoms with E-state index in [1.807, 2.05) is 4.68 Å². The summed E-state index contributed by atoms with van der Waals surface area (Å²) in [5.41, 5.74) is 5.96. The highest BCUT2D eigenvalue weighted by atomic mass is 15.3. The summed E-state index contributed by atoms with van der Waals surface area (Å²) in [6, 6.07) is 8.97. The van der Waals surface area contributed by atoms with Crippen molar-refractivity contribution < 1.29 is 0 Å². The van der Waals surface area contributed by atoms with Crippen LogP contribution in [0.5, 0.6) is 0 Å². The first-order valence-electron chi connectivity index (χ1n) is 7.71.